The molecule has 108 valence electrons. The summed E-state index contributed by atoms with van der Waals surface area (Å²) in [6.07, 6.45) is 3.22. The molecular formula is C13H17N3O4. The standard InChI is InChI=1S/C13H17N3O4/c1-9-7-14-12(6-11(9)16(19)20)15-5-4-10(8-15)2-3-13(17)18/h6-7,10H,2-5,8H2,1H3,(H,17,18). The molecule has 0 aromatic carbocycles. The summed E-state index contributed by atoms with van der Waals surface area (Å²) in [7, 11) is 0. The zero-order chi connectivity index (χ0) is 14.7. The lowest BCUT2D eigenvalue weighted by Crippen LogP contribution is -2.21. The van der Waals surface area contributed by atoms with Crippen molar-refractivity contribution < 1.29 is 14.8 Å². The molecule has 2 rings (SSSR count). The first kappa shape index (κ1) is 14.2. The molecule has 0 aliphatic carbocycles. The number of hydrogen-bond acceptors (Lipinski definition) is 5. The second-order valence-electron chi connectivity index (χ2n) is 5.12. The number of nitrogens with zero attached hydrogens (tertiary/aromatic N) is 3. The van der Waals surface area contributed by atoms with E-state index in [2.05, 4.69) is 4.98 Å². The van der Waals surface area contributed by atoms with Gasteiger partial charge in [-0.05, 0) is 25.7 Å². The molecule has 1 aliphatic rings. The minimum absolute atomic E-state index is 0.0731. The Morgan fingerprint density at radius 3 is 3.05 bits per heavy atom. The molecule has 20 heavy (non-hydrogen) atoms. The number of aliphatic carboxylic acids is 1. The van der Waals surface area contributed by atoms with Crippen LogP contribution in [-0.4, -0.2) is 34.1 Å². The monoisotopic (exact) mass is 279 g/mol. The Balaban J connectivity index is 2.04. The Bertz CT molecular complexity index is 532. The highest BCUT2D eigenvalue weighted by Crippen LogP contribution is 2.28. The van der Waals surface area contributed by atoms with Gasteiger partial charge in [0.15, 0.2) is 0 Å². The molecule has 1 fully saturated rings. The van der Waals surface area contributed by atoms with Gasteiger partial charge in [0, 0.05) is 31.3 Å². The van der Waals surface area contributed by atoms with Crippen LogP contribution >= 0.6 is 0 Å². The first-order valence-corrected chi connectivity index (χ1v) is 6.55. The molecule has 2 heterocycles. The van der Waals surface area contributed by atoms with Crippen LogP contribution in [0.5, 0.6) is 0 Å². The molecule has 0 radical (unpaired) electrons. The zero-order valence-electron chi connectivity index (χ0n) is 11.3. The van der Waals surface area contributed by atoms with Crippen molar-refractivity contribution in [2.24, 2.45) is 5.92 Å². The van der Waals surface area contributed by atoms with Crippen LogP contribution in [0.3, 0.4) is 0 Å². The molecule has 1 aliphatic heterocycles. The highest BCUT2D eigenvalue weighted by atomic mass is 16.6. The fourth-order valence-electron chi connectivity index (χ4n) is 2.48. The molecule has 1 unspecified atom stereocenters. The molecule has 1 saturated heterocycles. The van der Waals surface area contributed by atoms with Crippen LogP contribution in [0.25, 0.3) is 0 Å². The fourth-order valence-corrected chi connectivity index (χ4v) is 2.48. The average molecular weight is 279 g/mol. The summed E-state index contributed by atoms with van der Waals surface area (Å²) in [6, 6.07) is 1.49. The van der Waals surface area contributed by atoms with E-state index in [1.54, 1.807) is 6.92 Å². The van der Waals surface area contributed by atoms with Crippen molar-refractivity contribution in [1.82, 2.24) is 4.98 Å². The minimum Gasteiger partial charge on any atom is -0.481 e. The largest absolute Gasteiger partial charge is 0.481 e. The number of rotatable bonds is 5. The van der Waals surface area contributed by atoms with E-state index in [1.807, 2.05) is 4.90 Å². The minimum atomic E-state index is -0.785. The second-order valence-corrected chi connectivity index (χ2v) is 5.12. The van der Waals surface area contributed by atoms with Crippen LogP contribution in [0.1, 0.15) is 24.8 Å². The fraction of sp³-hybridized carbons (Fsp3) is 0.538. The molecule has 7 nitrogen and oxygen atoms in total. The van der Waals surface area contributed by atoms with Gasteiger partial charge in [-0.3, -0.25) is 14.9 Å². The summed E-state index contributed by atoms with van der Waals surface area (Å²) in [5, 5.41) is 19.6. The van der Waals surface area contributed by atoms with Crippen molar-refractivity contribution in [2.45, 2.75) is 26.2 Å². The maximum atomic E-state index is 10.9. The molecule has 1 N–H and O–H groups in total. The number of pyridine rings is 1. The van der Waals surface area contributed by atoms with Crippen molar-refractivity contribution in [1.29, 1.82) is 0 Å². The topological polar surface area (TPSA) is 96.6 Å². The highest BCUT2D eigenvalue weighted by molar-refractivity contribution is 5.66. The van der Waals surface area contributed by atoms with E-state index in [1.165, 1.54) is 12.3 Å². The summed E-state index contributed by atoms with van der Waals surface area (Å²) in [5.74, 6) is 0.126. The SMILES string of the molecule is Cc1cnc(N2CCC(CCC(=O)O)C2)cc1[N+](=O)[O-]. The van der Waals surface area contributed by atoms with Crippen LogP contribution in [0.4, 0.5) is 11.5 Å². The van der Waals surface area contributed by atoms with E-state index in [4.69, 9.17) is 5.11 Å². The van der Waals surface area contributed by atoms with Gasteiger partial charge in [0.05, 0.1) is 11.0 Å². The Morgan fingerprint density at radius 2 is 2.40 bits per heavy atom. The normalized spacial score (nSPS) is 18.2. The predicted molar refractivity (Wildman–Crippen MR) is 72.8 cm³/mol. The van der Waals surface area contributed by atoms with E-state index in [0.29, 0.717) is 30.3 Å². The van der Waals surface area contributed by atoms with E-state index in [-0.39, 0.29) is 12.1 Å². The third-order valence-corrected chi connectivity index (χ3v) is 3.63. The molecule has 0 amide bonds. The zero-order valence-corrected chi connectivity index (χ0v) is 11.3. The molecule has 1 atom stereocenters. The van der Waals surface area contributed by atoms with Crippen LogP contribution in [-0.2, 0) is 4.79 Å². The van der Waals surface area contributed by atoms with Gasteiger partial charge in [-0.25, -0.2) is 4.98 Å². The van der Waals surface area contributed by atoms with Crippen molar-refractivity contribution in [3.8, 4) is 0 Å². The van der Waals surface area contributed by atoms with Crippen LogP contribution < -0.4 is 4.90 Å². The van der Waals surface area contributed by atoms with Crippen LogP contribution in [0, 0.1) is 23.0 Å². The first-order valence-electron chi connectivity index (χ1n) is 6.55. The first-order chi connectivity index (χ1) is 9.47. The maximum Gasteiger partial charge on any atom is 0.303 e. The third kappa shape index (κ3) is 3.23. The third-order valence-electron chi connectivity index (χ3n) is 3.63. The Labute approximate surface area is 116 Å². The molecule has 0 saturated carbocycles. The van der Waals surface area contributed by atoms with E-state index < -0.39 is 10.9 Å². The van der Waals surface area contributed by atoms with Crippen LogP contribution in [0.2, 0.25) is 0 Å². The second kappa shape index (κ2) is 5.85. The Kier molecular flexibility index (Phi) is 4.16. The number of carboxylic acids is 1. The molecule has 1 aromatic heterocycles. The van der Waals surface area contributed by atoms with Gasteiger partial charge in [0.1, 0.15) is 5.82 Å². The van der Waals surface area contributed by atoms with Gasteiger partial charge in [0.2, 0.25) is 0 Å². The number of carboxylic acid groups (broad SMARTS) is 1. The summed E-state index contributed by atoms with van der Waals surface area (Å²) in [6.45, 7) is 3.13. The van der Waals surface area contributed by atoms with E-state index in [9.17, 15) is 14.9 Å². The van der Waals surface area contributed by atoms with Gasteiger partial charge in [-0.2, -0.15) is 0 Å². The van der Waals surface area contributed by atoms with Gasteiger partial charge >= 0.3 is 5.97 Å². The summed E-state index contributed by atoms with van der Waals surface area (Å²) < 4.78 is 0. The Morgan fingerprint density at radius 1 is 1.65 bits per heavy atom. The van der Waals surface area contributed by atoms with Gasteiger partial charge in [-0.15, -0.1) is 0 Å². The number of hydrogen-bond donors (Lipinski definition) is 1. The van der Waals surface area contributed by atoms with E-state index in [0.717, 1.165) is 13.0 Å². The lowest BCUT2D eigenvalue weighted by atomic mass is 10.0. The van der Waals surface area contributed by atoms with Gasteiger partial charge in [-0.1, -0.05) is 0 Å². The molecule has 1 aromatic rings. The Hall–Kier alpha value is -2.18. The number of aromatic nitrogens is 1. The summed E-state index contributed by atoms with van der Waals surface area (Å²) in [5.41, 5.74) is 0.615. The lowest BCUT2D eigenvalue weighted by molar-refractivity contribution is -0.385. The summed E-state index contributed by atoms with van der Waals surface area (Å²) >= 11 is 0. The lowest BCUT2D eigenvalue weighted by Gasteiger charge is -2.17. The van der Waals surface area contributed by atoms with Crippen molar-refractivity contribution in [2.75, 3.05) is 18.0 Å². The van der Waals surface area contributed by atoms with Crippen molar-refractivity contribution in [3.05, 3.63) is 27.9 Å². The van der Waals surface area contributed by atoms with E-state index >= 15 is 0 Å². The van der Waals surface area contributed by atoms with Gasteiger partial charge in [0.25, 0.3) is 5.69 Å². The maximum absolute atomic E-state index is 10.9. The number of carbonyl (C=O) groups is 1. The number of nitro groups is 1. The smallest absolute Gasteiger partial charge is 0.303 e. The average Bonchev–Trinajstić information content (AvgIpc) is 2.85. The summed E-state index contributed by atoms with van der Waals surface area (Å²) in [4.78, 5) is 27.3. The number of aryl methyl sites for hydroxylation is 1. The molecule has 0 spiro atoms. The number of anilines is 1. The highest BCUT2D eigenvalue weighted by Gasteiger charge is 2.25. The van der Waals surface area contributed by atoms with Crippen molar-refractivity contribution in [3.63, 3.8) is 0 Å². The predicted octanol–water partition coefficient (Wildman–Crippen LogP) is 1.99. The molecular weight excluding hydrogens is 262 g/mol. The van der Waals surface area contributed by atoms with Crippen LogP contribution in [0.15, 0.2) is 12.3 Å². The quantitative estimate of drug-likeness (QED) is 0.654. The van der Waals surface area contributed by atoms with Crippen molar-refractivity contribution >= 4 is 17.5 Å². The van der Waals surface area contributed by atoms with Gasteiger partial charge < -0.3 is 10.0 Å². The molecule has 7 heteroatoms. The molecule has 0 bridgehead atoms.